The van der Waals surface area contributed by atoms with Crippen molar-refractivity contribution < 1.29 is 9.90 Å². The Morgan fingerprint density at radius 1 is 0.714 bits per heavy atom. The molecule has 3 heteroatoms. The van der Waals surface area contributed by atoms with Gasteiger partial charge in [0.2, 0.25) is 0 Å². The van der Waals surface area contributed by atoms with Crippen molar-refractivity contribution in [2.24, 2.45) is 0 Å². The first-order chi connectivity index (χ1) is 9.97. The number of rotatable bonds is 12. The van der Waals surface area contributed by atoms with Gasteiger partial charge in [0, 0.05) is 13.2 Å². The maximum Gasteiger partial charge on any atom is 0.0594 e. The van der Waals surface area contributed by atoms with Crippen molar-refractivity contribution in [2.45, 2.75) is 86.0 Å². The van der Waals surface area contributed by atoms with Gasteiger partial charge in [-0.15, -0.1) is 0 Å². The number of hydrogen-bond acceptors (Lipinski definition) is 2. The zero-order valence-electron chi connectivity index (χ0n) is 15.2. The predicted octanol–water partition coefficient (Wildman–Crippen LogP) is 4.96. The molecule has 0 aromatic rings. The van der Waals surface area contributed by atoms with Crippen LogP contribution in [0.15, 0.2) is 0 Å². The maximum atomic E-state index is 8.89. The molecule has 0 aliphatic heterocycles. The van der Waals surface area contributed by atoms with Crippen LogP contribution in [0.3, 0.4) is 0 Å². The quantitative estimate of drug-likeness (QED) is 0.477. The van der Waals surface area contributed by atoms with Crippen molar-refractivity contribution >= 4 is 13.2 Å². The molecule has 0 atom stereocenters. The summed E-state index contributed by atoms with van der Waals surface area (Å²) in [6.45, 7) is 10.4. The molecule has 0 aromatic heterocycles. The SMILES string of the molecule is CC(=O)[O-].CCCC[P+](CCCC)(CCCC)CCCC. The van der Waals surface area contributed by atoms with Crippen LogP contribution < -0.4 is 5.11 Å². The topological polar surface area (TPSA) is 40.1 Å². The first-order valence-corrected chi connectivity index (χ1v) is 11.5. The van der Waals surface area contributed by atoms with Gasteiger partial charge >= 0.3 is 0 Å². The Balaban J connectivity index is 0. The van der Waals surface area contributed by atoms with E-state index in [1.807, 2.05) is 0 Å². The highest BCUT2D eigenvalue weighted by Crippen LogP contribution is 2.61. The van der Waals surface area contributed by atoms with Crippen molar-refractivity contribution in [1.82, 2.24) is 0 Å². The molecule has 0 fully saturated rings. The van der Waals surface area contributed by atoms with Crippen LogP contribution in [0.1, 0.15) is 86.0 Å². The summed E-state index contributed by atoms with van der Waals surface area (Å²) < 4.78 is 0. The number of aliphatic carboxylic acids is 1. The smallest absolute Gasteiger partial charge is 0.0594 e. The lowest BCUT2D eigenvalue weighted by Crippen LogP contribution is -2.16. The highest BCUT2D eigenvalue weighted by atomic mass is 31.2. The first kappa shape index (κ1) is 23.2. The van der Waals surface area contributed by atoms with Gasteiger partial charge in [-0.2, -0.15) is 0 Å². The van der Waals surface area contributed by atoms with Crippen molar-refractivity contribution in [2.75, 3.05) is 24.6 Å². The maximum absolute atomic E-state index is 8.89. The summed E-state index contributed by atoms with van der Waals surface area (Å²) in [5, 5.41) is 8.89. The fourth-order valence-corrected chi connectivity index (χ4v) is 7.93. The molecule has 0 radical (unpaired) electrons. The number of carboxylic acids is 1. The molecule has 0 bridgehead atoms. The second kappa shape index (κ2) is 16.3. The lowest BCUT2D eigenvalue weighted by molar-refractivity contribution is -0.302. The predicted molar refractivity (Wildman–Crippen MR) is 96.7 cm³/mol. The van der Waals surface area contributed by atoms with Crippen LogP contribution in [0.2, 0.25) is 0 Å². The monoisotopic (exact) mass is 318 g/mol. The molecule has 0 spiro atoms. The van der Waals surface area contributed by atoms with E-state index in [0.717, 1.165) is 6.92 Å². The Morgan fingerprint density at radius 2 is 0.905 bits per heavy atom. The Labute approximate surface area is 134 Å². The van der Waals surface area contributed by atoms with Gasteiger partial charge in [-0.1, -0.05) is 53.4 Å². The van der Waals surface area contributed by atoms with E-state index in [1.54, 1.807) is 24.6 Å². The van der Waals surface area contributed by atoms with Gasteiger partial charge in [-0.05, 0) is 32.6 Å². The average molecular weight is 318 g/mol. The fraction of sp³-hybridized carbons (Fsp3) is 0.944. The highest BCUT2D eigenvalue weighted by Gasteiger charge is 2.34. The summed E-state index contributed by atoms with van der Waals surface area (Å²) in [5.41, 5.74) is 0. The van der Waals surface area contributed by atoms with Crippen LogP contribution in [0.5, 0.6) is 0 Å². The molecule has 0 rings (SSSR count). The summed E-state index contributed by atoms with van der Waals surface area (Å²) >= 11 is 0. The third-order valence-corrected chi connectivity index (χ3v) is 9.00. The van der Waals surface area contributed by atoms with E-state index in [0.29, 0.717) is 0 Å². The van der Waals surface area contributed by atoms with Crippen LogP contribution in [0.4, 0.5) is 0 Å². The lowest BCUT2D eigenvalue weighted by atomic mass is 10.4. The molecule has 0 unspecified atom stereocenters. The van der Waals surface area contributed by atoms with E-state index < -0.39 is 13.2 Å². The molecule has 0 aliphatic rings. The molecule has 0 amide bonds. The number of hydrogen-bond donors (Lipinski definition) is 0. The van der Waals surface area contributed by atoms with Crippen molar-refractivity contribution in [3.8, 4) is 0 Å². The van der Waals surface area contributed by atoms with Crippen molar-refractivity contribution in [3.63, 3.8) is 0 Å². The zero-order chi connectivity index (χ0) is 16.6. The van der Waals surface area contributed by atoms with Gasteiger partial charge < -0.3 is 9.90 Å². The van der Waals surface area contributed by atoms with E-state index in [1.165, 1.54) is 51.4 Å². The molecule has 0 heterocycles. The van der Waals surface area contributed by atoms with Crippen LogP contribution in [-0.2, 0) is 4.79 Å². The second-order valence-electron chi connectivity index (χ2n) is 6.14. The van der Waals surface area contributed by atoms with Crippen LogP contribution in [0, 0.1) is 0 Å². The molecular weight excluding hydrogens is 279 g/mol. The minimum atomic E-state index is -1.08. The summed E-state index contributed by atoms with van der Waals surface area (Å²) in [6, 6.07) is 0. The summed E-state index contributed by atoms with van der Waals surface area (Å²) in [7, 11) is -0.562. The molecule has 21 heavy (non-hydrogen) atoms. The van der Waals surface area contributed by atoms with Crippen molar-refractivity contribution in [1.29, 1.82) is 0 Å². The van der Waals surface area contributed by atoms with Crippen LogP contribution >= 0.6 is 7.26 Å². The summed E-state index contributed by atoms with van der Waals surface area (Å²) in [5.74, 6) is -1.08. The van der Waals surface area contributed by atoms with E-state index in [4.69, 9.17) is 9.90 Å². The first-order valence-electron chi connectivity index (χ1n) is 9.00. The van der Waals surface area contributed by atoms with Crippen LogP contribution in [0.25, 0.3) is 0 Å². The Morgan fingerprint density at radius 3 is 1.05 bits per heavy atom. The standard InChI is InChI=1S/C16H36P.C2H4O2/c1-5-9-13-17(14-10-6-2,15-11-7-3)16-12-8-4;1-2(3)4/h5-16H2,1-4H3;1H3,(H,3,4)/q+1;/p-1. The largest absolute Gasteiger partial charge is 0.550 e. The fourth-order valence-electron chi connectivity index (χ4n) is 2.64. The highest BCUT2D eigenvalue weighted by molar-refractivity contribution is 7.75. The van der Waals surface area contributed by atoms with E-state index in [-0.39, 0.29) is 0 Å². The van der Waals surface area contributed by atoms with Gasteiger partial charge in [0.05, 0.1) is 24.6 Å². The van der Waals surface area contributed by atoms with Crippen molar-refractivity contribution in [3.05, 3.63) is 0 Å². The van der Waals surface area contributed by atoms with E-state index >= 15 is 0 Å². The van der Waals surface area contributed by atoms with Gasteiger partial charge in [0.15, 0.2) is 0 Å². The van der Waals surface area contributed by atoms with Gasteiger partial charge in [-0.3, -0.25) is 0 Å². The molecular formula is C18H39O2P. The van der Waals surface area contributed by atoms with Crippen LogP contribution in [-0.4, -0.2) is 30.6 Å². The molecule has 0 N–H and O–H groups in total. The summed E-state index contributed by atoms with van der Waals surface area (Å²) in [4.78, 5) is 8.89. The normalized spacial score (nSPS) is 10.9. The lowest BCUT2D eigenvalue weighted by Gasteiger charge is -2.28. The third-order valence-electron chi connectivity index (χ3n) is 3.94. The second-order valence-corrected chi connectivity index (χ2v) is 10.6. The minimum Gasteiger partial charge on any atom is -0.550 e. The summed E-state index contributed by atoms with van der Waals surface area (Å²) in [6.07, 6.45) is 17.9. The van der Waals surface area contributed by atoms with E-state index in [9.17, 15) is 0 Å². The Hall–Kier alpha value is -0.100. The molecule has 0 saturated carbocycles. The average Bonchev–Trinajstić information content (AvgIpc) is 2.45. The molecule has 0 saturated heterocycles. The number of carbonyl (C=O) groups is 1. The zero-order valence-corrected chi connectivity index (χ0v) is 16.1. The Kier molecular flexibility index (Phi) is 18.0. The minimum absolute atomic E-state index is 0.562. The molecule has 128 valence electrons. The number of carboxylic acid groups (broad SMARTS) is 1. The van der Waals surface area contributed by atoms with Gasteiger partial charge in [0.25, 0.3) is 0 Å². The van der Waals surface area contributed by atoms with Gasteiger partial charge in [0.1, 0.15) is 0 Å². The molecule has 0 aliphatic carbocycles. The third kappa shape index (κ3) is 16.1. The molecule has 2 nitrogen and oxygen atoms in total. The van der Waals surface area contributed by atoms with E-state index in [2.05, 4.69) is 27.7 Å². The number of unbranched alkanes of at least 4 members (excludes halogenated alkanes) is 4. The van der Waals surface area contributed by atoms with Gasteiger partial charge in [-0.25, -0.2) is 0 Å². The molecule has 0 aromatic carbocycles. The number of carbonyl (C=O) groups excluding carboxylic acids is 1. The Bertz CT molecular complexity index is 188.